The number of carbonyl (C=O) groups is 1. The molecule has 0 aliphatic rings. The van der Waals surface area contributed by atoms with Gasteiger partial charge in [0.15, 0.2) is 5.69 Å². The number of carbonyl (C=O) groups excluding carboxylic acids is 1. The van der Waals surface area contributed by atoms with Crippen LogP contribution in [0.15, 0.2) is 18.2 Å². The fourth-order valence-corrected chi connectivity index (χ4v) is 2.01. The Morgan fingerprint density at radius 2 is 2.05 bits per heavy atom. The highest BCUT2D eigenvalue weighted by Gasteiger charge is 2.21. The zero-order valence-electron chi connectivity index (χ0n) is 12.7. The van der Waals surface area contributed by atoms with Crippen LogP contribution >= 0.6 is 0 Å². The molecule has 2 rings (SSSR count). The SMILES string of the molecule is Cc1cc([N+](=O)[O-])ccc1-n1nnc(C(=O)OC(C)C)c1C. The minimum Gasteiger partial charge on any atom is -0.458 e. The van der Waals surface area contributed by atoms with Gasteiger partial charge in [-0.15, -0.1) is 5.10 Å². The molecular weight excluding hydrogens is 288 g/mol. The van der Waals surface area contributed by atoms with E-state index in [1.54, 1.807) is 33.8 Å². The highest BCUT2D eigenvalue weighted by molar-refractivity contribution is 5.88. The summed E-state index contributed by atoms with van der Waals surface area (Å²) < 4.78 is 6.57. The summed E-state index contributed by atoms with van der Waals surface area (Å²) in [5.41, 5.74) is 1.93. The highest BCUT2D eigenvalue weighted by Crippen LogP contribution is 2.22. The van der Waals surface area contributed by atoms with Crippen molar-refractivity contribution in [2.75, 3.05) is 0 Å². The quantitative estimate of drug-likeness (QED) is 0.488. The van der Waals surface area contributed by atoms with Crippen molar-refractivity contribution in [3.63, 3.8) is 0 Å². The van der Waals surface area contributed by atoms with Crippen LogP contribution in [0.2, 0.25) is 0 Å². The molecule has 0 radical (unpaired) electrons. The Balaban J connectivity index is 2.41. The lowest BCUT2D eigenvalue weighted by molar-refractivity contribution is -0.384. The lowest BCUT2D eigenvalue weighted by Crippen LogP contribution is -2.13. The van der Waals surface area contributed by atoms with E-state index in [4.69, 9.17) is 4.74 Å². The molecule has 0 N–H and O–H groups in total. The summed E-state index contributed by atoms with van der Waals surface area (Å²) in [6, 6.07) is 4.41. The number of esters is 1. The first kappa shape index (κ1) is 15.6. The molecule has 8 heteroatoms. The van der Waals surface area contributed by atoms with Crippen molar-refractivity contribution in [1.29, 1.82) is 0 Å². The summed E-state index contributed by atoms with van der Waals surface area (Å²) in [4.78, 5) is 22.2. The second-order valence-electron chi connectivity index (χ2n) is 5.12. The molecule has 116 valence electrons. The maximum atomic E-state index is 11.9. The molecule has 8 nitrogen and oxygen atoms in total. The van der Waals surface area contributed by atoms with Crippen LogP contribution in [0, 0.1) is 24.0 Å². The van der Waals surface area contributed by atoms with E-state index in [-0.39, 0.29) is 17.5 Å². The molecule has 0 atom stereocenters. The van der Waals surface area contributed by atoms with Crippen LogP contribution in [0.25, 0.3) is 5.69 Å². The van der Waals surface area contributed by atoms with Crippen LogP contribution in [0.5, 0.6) is 0 Å². The smallest absolute Gasteiger partial charge is 0.361 e. The van der Waals surface area contributed by atoms with Gasteiger partial charge in [0.25, 0.3) is 5.69 Å². The third-order valence-electron chi connectivity index (χ3n) is 3.05. The lowest BCUT2D eigenvalue weighted by atomic mass is 10.1. The molecule has 0 unspecified atom stereocenters. The second-order valence-corrected chi connectivity index (χ2v) is 5.12. The second kappa shape index (κ2) is 5.92. The summed E-state index contributed by atoms with van der Waals surface area (Å²) >= 11 is 0. The van der Waals surface area contributed by atoms with Crippen LogP contribution in [0.3, 0.4) is 0 Å². The van der Waals surface area contributed by atoms with Gasteiger partial charge in [0.05, 0.1) is 22.4 Å². The average molecular weight is 304 g/mol. The van der Waals surface area contributed by atoms with Crippen LogP contribution in [-0.2, 0) is 4.74 Å². The predicted octanol–water partition coefficient (Wildman–Crippen LogP) is 2.36. The number of ether oxygens (including phenoxy) is 1. The third-order valence-corrected chi connectivity index (χ3v) is 3.05. The van der Waals surface area contributed by atoms with E-state index in [1.807, 2.05) is 0 Å². The van der Waals surface area contributed by atoms with Crippen LogP contribution < -0.4 is 0 Å². The molecule has 0 spiro atoms. The van der Waals surface area contributed by atoms with E-state index in [2.05, 4.69) is 10.3 Å². The van der Waals surface area contributed by atoms with E-state index in [1.165, 1.54) is 16.8 Å². The normalized spacial score (nSPS) is 10.8. The Labute approximate surface area is 126 Å². The van der Waals surface area contributed by atoms with Gasteiger partial charge < -0.3 is 4.74 Å². The fraction of sp³-hybridized carbons (Fsp3) is 0.357. The standard InChI is InChI=1S/C14H16N4O4/c1-8(2)22-14(19)13-10(4)17(16-15-13)12-6-5-11(18(20)21)7-9(12)3/h5-8H,1-4H3. The molecule has 22 heavy (non-hydrogen) atoms. The van der Waals surface area contributed by atoms with Crippen molar-refractivity contribution >= 4 is 11.7 Å². The first-order valence-corrected chi connectivity index (χ1v) is 6.70. The zero-order valence-corrected chi connectivity index (χ0v) is 12.7. The van der Waals surface area contributed by atoms with Crippen molar-refractivity contribution in [3.05, 3.63) is 45.3 Å². The molecule has 2 aromatic rings. The Morgan fingerprint density at radius 1 is 1.36 bits per heavy atom. The Hall–Kier alpha value is -2.77. The Bertz CT molecular complexity index is 736. The zero-order chi connectivity index (χ0) is 16.4. The topological polar surface area (TPSA) is 100 Å². The van der Waals surface area contributed by atoms with Crippen LogP contribution in [0.1, 0.15) is 35.6 Å². The molecule has 0 bridgehead atoms. The van der Waals surface area contributed by atoms with Crippen molar-refractivity contribution in [1.82, 2.24) is 15.0 Å². The van der Waals surface area contributed by atoms with E-state index in [0.717, 1.165) is 0 Å². The minimum atomic E-state index is -0.543. The van der Waals surface area contributed by atoms with Crippen LogP contribution in [-0.4, -0.2) is 32.0 Å². The van der Waals surface area contributed by atoms with Gasteiger partial charge in [-0.25, -0.2) is 9.48 Å². The maximum absolute atomic E-state index is 11.9. The van der Waals surface area contributed by atoms with Gasteiger partial charge in [0.1, 0.15) is 0 Å². The van der Waals surface area contributed by atoms with Gasteiger partial charge in [-0.2, -0.15) is 0 Å². The Morgan fingerprint density at radius 3 is 2.59 bits per heavy atom. The monoisotopic (exact) mass is 304 g/mol. The van der Waals surface area contributed by atoms with Gasteiger partial charge >= 0.3 is 5.97 Å². The van der Waals surface area contributed by atoms with Crippen LogP contribution in [0.4, 0.5) is 5.69 Å². The van der Waals surface area contributed by atoms with E-state index < -0.39 is 10.9 Å². The number of non-ortho nitro benzene ring substituents is 1. The summed E-state index contributed by atoms with van der Waals surface area (Å²) in [6.07, 6.45) is -0.252. The molecule has 0 fully saturated rings. The minimum absolute atomic E-state index is 0.00143. The molecule has 1 aromatic heterocycles. The molecule has 1 aromatic carbocycles. The molecule has 0 amide bonds. The van der Waals surface area contributed by atoms with Gasteiger partial charge in [0, 0.05) is 12.1 Å². The third kappa shape index (κ3) is 2.95. The summed E-state index contributed by atoms with van der Waals surface area (Å²) in [5.74, 6) is -0.543. The molecular formula is C14H16N4O4. The number of benzene rings is 1. The van der Waals surface area contributed by atoms with Crippen molar-refractivity contribution in [2.24, 2.45) is 0 Å². The first-order valence-electron chi connectivity index (χ1n) is 6.70. The van der Waals surface area contributed by atoms with Gasteiger partial charge in [0.2, 0.25) is 0 Å². The molecule has 0 saturated heterocycles. The van der Waals surface area contributed by atoms with Crippen molar-refractivity contribution in [2.45, 2.75) is 33.8 Å². The number of aromatic nitrogens is 3. The molecule has 0 aliphatic carbocycles. The Kier molecular flexibility index (Phi) is 4.20. The average Bonchev–Trinajstić information content (AvgIpc) is 2.79. The largest absolute Gasteiger partial charge is 0.458 e. The number of hydrogen-bond acceptors (Lipinski definition) is 6. The van der Waals surface area contributed by atoms with Gasteiger partial charge in [-0.05, 0) is 39.3 Å². The van der Waals surface area contributed by atoms with Crippen molar-refractivity contribution < 1.29 is 14.5 Å². The van der Waals surface area contributed by atoms with Crippen molar-refractivity contribution in [3.8, 4) is 5.69 Å². The molecule has 0 saturated carbocycles. The number of hydrogen-bond donors (Lipinski definition) is 0. The van der Waals surface area contributed by atoms with E-state index >= 15 is 0 Å². The maximum Gasteiger partial charge on any atom is 0.361 e. The van der Waals surface area contributed by atoms with E-state index in [0.29, 0.717) is 16.9 Å². The summed E-state index contributed by atoms with van der Waals surface area (Å²) in [7, 11) is 0. The number of aryl methyl sites for hydroxylation is 1. The summed E-state index contributed by atoms with van der Waals surface area (Å²) in [5, 5.41) is 18.6. The molecule has 1 heterocycles. The number of nitrogens with zero attached hydrogens (tertiary/aromatic N) is 4. The van der Waals surface area contributed by atoms with Gasteiger partial charge in [-0.3, -0.25) is 10.1 Å². The summed E-state index contributed by atoms with van der Waals surface area (Å²) in [6.45, 7) is 6.92. The predicted molar refractivity (Wildman–Crippen MR) is 78.0 cm³/mol. The number of nitro groups is 1. The fourth-order valence-electron chi connectivity index (χ4n) is 2.01. The van der Waals surface area contributed by atoms with E-state index in [9.17, 15) is 14.9 Å². The highest BCUT2D eigenvalue weighted by atomic mass is 16.6. The number of rotatable bonds is 4. The van der Waals surface area contributed by atoms with Gasteiger partial charge in [-0.1, -0.05) is 5.21 Å². The lowest BCUT2D eigenvalue weighted by Gasteiger charge is -2.08. The molecule has 0 aliphatic heterocycles. The number of nitro benzene ring substituents is 1. The first-order chi connectivity index (χ1) is 10.3.